The first-order chi connectivity index (χ1) is 13.0. The summed E-state index contributed by atoms with van der Waals surface area (Å²) >= 11 is 0. The number of hydrogen-bond donors (Lipinski definition) is 0. The van der Waals surface area contributed by atoms with E-state index in [1.807, 2.05) is 31.2 Å². The number of carbonyl (C=O) groups is 1. The second kappa shape index (κ2) is 8.29. The summed E-state index contributed by atoms with van der Waals surface area (Å²) in [7, 11) is 0. The van der Waals surface area contributed by atoms with E-state index in [2.05, 4.69) is 5.16 Å². The Morgan fingerprint density at radius 1 is 1.22 bits per heavy atom. The first-order valence-corrected chi connectivity index (χ1v) is 8.97. The van der Waals surface area contributed by atoms with E-state index < -0.39 is 11.6 Å². The molecule has 0 bridgehead atoms. The average Bonchev–Trinajstić information content (AvgIpc) is 3.11. The molecule has 0 aliphatic carbocycles. The van der Waals surface area contributed by atoms with Crippen LogP contribution in [0.2, 0.25) is 0 Å². The van der Waals surface area contributed by atoms with Gasteiger partial charge in [-0.2, -0.15) is 0 Å². The number of carbonyl (C=O) groups excluding carboxylic acids is 1. The lowest BCUT2D eigenvalue weighted by molar-refractivity contribution is -0.133. The summed E-state index contributed by atoms with van der Waals surface area (Å²) in [6.45, 7) is 4.13. The summed E-state index contributed by atoms with van der Waals surface area (Å²) in [5.41, 5.74) is 3.25. The van der Waals surface area contributed by atoms with Gasteiger partial charge in [-0.1, -0.05) is 48.0 Å². The number of aryl methyl sites for hydroxylation is 1. The minimum atomic E-state index is -0.659. The maximum atomic E-state index is 14.0. The molecule has 2 aromatic rings. The SMILES string of the molecule is CCC(=O)N(Cc1ccc(F)cc1F)CC1CC(c2ccc(C)cc2)=NO1. The van der Waals surface area contributed by atoms with Gasteiger partial charge in [0.2, 0.25) is 5.91 Å². The molecule has 1 atom stereocenters. The molecule has 4 nitrogen and oxygen atoms in total. The molecule has 27 heavy (non-hydrogen) atoms. The summed E-state index contributed by atoms with van der Waals surface area (Å²) in [4.78, 5) is 19.3. The summed E-state index contributed by atoms with van der Waals surface area (Å²) in [5.74, 6) is -1.42. The number of amides is 1. The molecule has 0 radical (unpaired) electrons. The standard InChI is InChI=1S/C21H22F2N2O2/c1-3-21(26)25(12-16-8-9-17(22)10-19(16)23)13-18-11-20(24-27-18)15-6-4-14(2)5-7-15/h4-10,18H,3,11-13H2,1-2H3. The Bertz CT molecular complexity index is 850. The van der Waals surface area contributed by atoms with Crippen LogP contribution in [0.3, 0.4) is 0 Å². The average molecular weight is 372 g/mol. The first-order valence-electron chi connectivity index (χ1n) is 8.97. The molecule has 1 heterocycles. The van der Waals surface area contributed by atoms with Gasteiger partial charge in [0.15, 0.2) is 6.10 Å². The Hall–Kier alpha value is -2.76. The van der Waals surface area contributed by atoms with Crippen LogP contribution in [0.25, 0.3) is 0 Å². The van der Waals surface area contributed by atoms with Crippen molar-refractivity contribution in [2.24, 2.45) is 5.16 Å². The van der Waals surface area contributed by atoms with Gasteiger partial charge in [0.05, 0.1) is 12.3 Å². The van der Waals surface area contributed by atoms with Gasteiger partial charge in [0, 0.05) is 31.0 Å². The monoisotopic (exact) mass is 372 g/mol. The normalized spacial score (nSPS) is 16.0. The van der Waals surface area contributed by atoms with Crippen molar-refractivity contribution in [3.63, 3.8) is 0 Å². The summed E-state index contributed by atoms with van der Waals surface area (Å²) in [6.07, 6.45) is 0.573. The largest absolute Gasteiger partial charge is 0.390 e. The van der Waals surface area contributed by atoms with Crippen LogP contribution in [-0.2, 0) is 16.2 Å². The molecule has 1 aliphatic heterocycles. The molecule has 3 rings (SSSR count). The highest BCUT2D eigenvalue weighted by Gasteiger charge is 2.26. The Kier molecular flexibility index (Phi) is 5.84. The molecule has 0 fully saturated rings. The minimum Gasteiger partial charge on any atom is -0.390 e. The van der Waals surface area contributed by atoms with Gasteiger partial charge < -0.3 is 9.74 Å². The Balaban J connectivity index is 1.67. The van der Waals surface area contributed by atoms with E-state index in [9.17, 15) is 13.6 Å². The predicted octanol–water partition coefficient (Wildman–Crippen LogP) is 4.21. The molecule has 1 aliphatic rings. The van der Waals surface area contributed by atoms with Crippen molar-refractivity contribution < 1.29 is 18.4 Å². The number of benzene rings is 2. The van der Waals surface area contributed by atoms with E-state index in [-0.39, 0.29) is 24.1 Å². The Labute approximate surface area is 157 Å². The number of rotatable bonds is 6. The third-order valence-electron chi connectivity index (χ3n) is 4.57. The van der Waals surface area contributed by atoms with Gasteiger partial charge >= 0.3 is 0 Å². The van der Waals surface area contributed by atoms with Crippen molar-refractivity contribution in [3.8, 4) is 0 Å². The fourth-order valence-electron chi connectivity index (χ4n) is 3.02. The van der Waals surface area contributed by atoms with E-state index in [0.29, 0.717) is 19.4 Å². The second-order valence-electron chi connectivity index (χ2n) is 6.70. The van der Waals surface area contributed by atoms with Crippen molar-refractivity contribution in [3.05, 3.63) is 70.8 Å². The van der Waals surface area contributed by atoms with E-state index in [0.717, 1.165) is 22.9 Å². The molecule has 0 aromatic heterocycles. The highest BCUT2D eigenvalue weighted by molar-refractivity contribution is 6.01. The van der Waals surface area contributed by atoms with Crippen LogP contribution in [0.15, 0.2) is 47.6 Å². The molecular weight excluding hydrogens is 350 g/mol. The summed E-state index contributed by atoms with van der Waals surface area (Å²) in [5, 5.41) is 4.15. The fourth-order valence-corrected chi connectivity index (χ4v) is 3.02. The van der Waals surface area contributed by atoms with Crippen LogP contribution in [0.4, 0.5) is 8.78 Å². The van der Waals surface area contributed by atoms with Gasteiger partial charge in [-0.05, 0) is 18.6 Å². The lowest BCUT2D eigenvalue weighted by Crippen LogP contribution is -2.37. The van der Waals surface area contributed by atoms with Gasteiger partial charge in [-0.25, -0.2) is 8.78 Å². The zero-order chi connectivity index (χ0) is 19.4. The lowest BCUT2D eigenvalue weighted by Gasteiger charge is -2.24. The molecule has 0 saturated carbocycles. The highest BCUT2D eigenvalue weighted by Crippen LogP contribution is 2.20. The van der Waals surface area contributed by atoms with Crippen molar-refractivity contribution in [1.82, 2.24) is 4.90 Å². The number of oxime groups is 1. The van der Waals surface area contributed by atoms with Gasteiger partial charge in [0.25, 0.3) is 0 Å². The highest BCUT2D eigenvalue weighted by atomic mass is 19.1. The lowest BCUT2D eigenvalue weighted by atomic mass is 10.0. The van der Waals surface area contributed by atoms with Crippen LogP contribution in [0.5, 0.6) is 0 Å². The number of nitrogens with zero attached hydrogens (tertiary/aromatic N) is 2. The molecule has 1 amide bonds. The smallest absolute Gasteiger partial charge is 0.222 e. The fraction of sp³-hybridized carbons (Fsp3) is 0.333. The maximum Gasteiger partial charge on any atom is 0.222 e. The van der Waals surface area contributed by atoms with Gasteiger partial charge in [-0.15, -0.1) is 0 Å². The van der Waals surface area contributed by atoms with Crippen LogP contribution >= 0.6 is 0 Å². The molecular formula is C21H22F2N2O2. The zero-order valence-corrected chi connectivity index (χ0v) is 15.4. The van der Waals surface area contributed by atoms with E-state index >= 15 is 0 Å². The van der Waals surface area contributed by atoms with Crippen LogP contribution in [0.1, 0.15) is 36.5 Å². The van der Waals surface area contributed by atoms with Gasteiger partial charge in [-0.3, -0.25) is 4.79 Å². The quantitative estimate of drug-likeness (QED) is 0.762. The number of halogens is 2. The van der Waals surface area contributed by atoms with Crippen LogP contribution < -0.4 is 0 Å². The summed E-state index contributed by atoms with van der Waals surface area (Å²) < 4.78 is 27.1. The van der Waals surface area contributed by atoms with Crippen molar-refractivity contribution >= 4 is 11.6 Å². The van der Waals surface area contributed by atoms with Crippen molar-refractivity contribution in [2.45, 2.75) is 39.3 Å². The molecule has 0 N–H and O–H groups in total. The second-order valence-corrected chi connectivity index (χ2v) is 6.70. The first kappa shape index (κ1) is 19.0. The topological polar surface area (TPSA) is 41.9 Å². The summed E-state index contributed by atoms with van der Waals surface area (Å²) in [6, 6.07) is 11.4. The maximum absolute atomic E-state index is 14.0. The number of hydrogen-bond acceptors (Lipinski definition) is 3. The zero-order valence-electron chi connectivity index (χ0n) is 15.4. The third kappa shape index (κ3) is 4.70. The van der Waals surface area contributed by atoms with Crippen LogP contribution in [-0.4, -0.2) is 29.2 Å². The molecule has 0 spiro atoms. The molecule has 142 valence electrons. The molecule has 0 saturated heterocycles. The van der Waals surface area contributed by atoms with E-state index in [4.69, 9.17) is 4.84 Å². The molecule has 1 unspecified atom stereocenters. The van der Waals surface area contributed by atoms with Crippen molar-refractivity contribution in [2.75, 3.05) is 6.54 Å². The minimum absolute atomic E-state index is 0.0680. The van der Waals surface area contributed by atoms with Crippen LogP contribution in [0, 0.1) is 18.6 Å². The van der Waals surface area contributed by atoms with E-state index in [1.54, 1.807) is 6.92 Å². The Morgan fingerprint density at radius 3 is 2.63 bits per heavy atom. The Morgan fingerprint density at radius 2 is 1.96 bits per heavy atom. The third-order valence-corrected chi connectivity index (χ3v) is 4.57. The van der Waals surface area contributed by atoms with Gasteiger partial charge in [0.1, 0.15) is 11.6 Å². The molecule has 2 aromatic carbocycles. The van der Waals surface area contributed by atoms with Crippen molar-refractivity contribution in [1.29, 1.82) is 0 Å². The predicted molar refractivity (Wildman–Crippen MR) is 99.3 cm³/mol. The molecule has 6 heteroatoms. The van der Waals surface area contributed by atoms with E-state index in [1.165, 1.54) is 17.0 Å².